The van der Waals surface area contributed by atoms with Crippen LogP contribution in [0, 0.1) is 0 Å². The van der Waals surface area contributed by atoms with Gasteiger partial charge in [-0.1, -0.05) is 19.6 Å². The fourth-order valence-electron chi connectivity index (χ4n) is 0.116. The molecular formula is C3H10ClNSSi. The van der Waals surface area contributed by atoms with Gasteiger partial charge >= 0.3 is 0 Å². The Morgan fingerprint density at radius 2 is 1.86 bits per heavy atom. The van der Waals surface area contributed by atoms with Crippen molar-refractivity contribution in [3.63, 3.8) is 0 Å². The summed E-state index contributed by atoms with van der Waals surface area (Å²) in [5.41, 5.74) is 0. The summed E-state index contributed by atoms with van der Waals surface area (Å²) >= 11 is 1.19. The molecule has 0 aromatic rings. The third-order valence-corrected chi connectivity index (χ3v) is 3.80. The fraction of sp³-hybridized carbons (Fsp3) is 1.00. The van der Waals surface area contributed by atoms with E-state index < -0.39 is 8.24 Å². The quantitative estimate of drug-likeness (QED) is 0.485. The zero-order valence-corrected chi connectivity index (χ0v) is 7.36. The van der Waals surface area contributed by atoms with Crippen LogP contribution in [0.2, 0.25) is 19.6 Å². The molecule has 0 aliphatic carbocycles. The third-order valence-electron chi connectivity index (χ3n) is 0.345. The van der Waals surface area contributed by atoms with Crippen LogP contribution in [-0.4, -0.2) is 8.24 Å². The van der Waals surface area contributed by atoms with Gasteiger partial charge in [-0.15, -0.1) is 0 Å². The lowest BCUT2D eigenvalue weighted by molar-refractivity contribution is 1.47. The number of hydrogen-bond acceptors (Lipinski definition) is 2. The lowest BCUT2D eigenvalue weighted by Gasteiger charge is -2.12. The van der Waals surface area contributed by atoms with Crippen molar-refractivity contribution in [3.8, 4) is 0 Å². The first-order valence-corrected chi connectivity index (χ1v) is 7.25. The van der Waals surface area contributed by atoms with Gasteiger partial charge in [0, 0.05) is 11.2 Å². The second-order valence-electron chi connectivity index (χ2n) is 2.43. The van der Waals surface area contributed by atoms with Crippen LogP contribution in [0.3, 0.4) is 0 Å². The predicted molar refractivity (Wildman–Crippen MR) is 39.9 cm³/mol. The minimum absolute atomic E-state index is 1.08. The van der Waals surface area contributed by atoms with Crippen molar-refractivity contribution in [2.24, 2.45) is 0 Å². The Kier molecular flexibility index (Phi) is 3.31. The van der Waals surface area contributed by atoms with Crippen molar-refractivity contribution in [3.05, 3.63) is 0 Å². The molecule has 7 heavy (non-hydrogen) atoms. The minimum Gasteiger partial charge on any atom is -0.272 e. The summed E-state index contributed by atoms with van der Waals surface area (Å²) in [6, 6.07) is 0. The molecule has 0 radical (unpaired) electrons. The predicted octanol–water partition coefficient (Wildman–Crippen LogP) is 2.21. The standard InChI is InChI=1S/C3H10ClNSSi/c1-7(2,3)5-6-4/h5H,1-3H3. The topological polar surface area (TPSA) is 12.0 Å². The molecule has 0 rings (SSSR count). The van der Waals surface area contributed by atoms with E-state index in [4.69, 9.17) is 10.7 Å². The van der Waals surface area contributed by atoms with Gasteiger partial charge in [-0.2, -0.15) is 0 Å². The smallest absolute Gasteiger partial charge is 0.129 e. The Morgan fingerprint density at radius 1 is 1.43 bits per heavy atom. The molecule has 0 bridgehead atoms. The summed E-state index contributed by atoms with van der Waals surface area (Å²) < 4.78 is 3.11. The van der Waals surface area contributed by atoms with E-state index in [2.05, 4.69) is 24.0 Å². The maximum Gasteiger partial charge on any atom is 0.129 e. The average molecular weight is 156 g/mol. The van der Waals surface area contributed by atoms with Crippen LogP contribution in [-0.2, 0) is 0 Å². The van der Waals surface area contributed by atoms with Gasteiger partial charge < -0.3 is 0 Å². The van der Waals surface area contributed by atoms with Crippen molar-refractivity contribution in [2.45, 2.75) is 19.6 Å². The Morgan fingerprint density at radius 3 is 1.86 bits per heavy atom. The molecule has 0 unspecified atom stereocenters. The largest absolute Gasteiger partial charge is 0.272 e. The highest BCUT2D eigenvalue weighted by molar-refractivity contribution is 8.20. The first kappa shape index (κ1) is 7.82. The SMILES string of the molecule is C[Si](C)(C)NSCl. The highest BCUT2D eigenvalue weighted by Gasteiger charge is 2.10. The van der Waals surface area contributed by atoms with Crippen LogP contribution >= 0.6 is 21.8 Å². The van der Waals surface area contributed by atoms with E-state index in [0.717, 1.165) is 0 Å². The molecule has 0 amide bonds. The molecule has 4 heteroatoms. The van der Waals surface area contributed by atoms with Crippen molar-refractivity contribution >= 4 is 30.1 Å². The number of rotatable bonds is 2. The van der Waals surface area contributed by atoms with Crippen LogP contribution in [0.25, 0.3) is 0 Å². The molecule has 0 fully saturated rings. The van der Waals surface area contributed by atoms with Crippen LogP contribution in [0.15, 0.2) is 0 Å². The first-order valence-electron chi connectivity index (χ1n) is 2.11. The second kappa shape index (κ2) is 2.97. The van der Waals surface area contributed by atoms with Crippen LogP contribution in [0.4, 0.5) is 0 Å². The number of nitrogens with one attached hydrogen (secondary N) is 1. The fourth-order valence-corrected chi connectivity index (χ4v) is 3.12. The first-order chi connectivity index (χ1) is 3.06. The summed E-state index contributed by atoms with van der Waals surface area (Å²) in [5, 5.41) is 0. The molecule has 0 atom stereocenters. The molecule has 0 spiro atoms. The molecular weight excluding hydrogens is 146 g/mol. The molecule has 0 heterocycles. The summed E-state index contributed by atoms with van der Waals surface area (Å²) in [4.78, 5) is 0. The maximum absolute atomic E-state index is 5.33. The van der Waals surface area contributed by atoms with E-state index in [1.165, 1.54) is 11.2 Å². The highest BCUT2D eigenvalue weighted by atomic mass is 35.7. The van der Waals surface area contributed by atoms with Crippen LogP contribution in [0.5, 0.6) is 0 Å². The van der Waals surface area contributed by atoms with Gasteiger partial charge in [0.25, 0.3) is 0 Å². The molecule has 0 aromatic carbocycles. The summed E-state index contributed by atoms with van der Waals surface area (Å²) in [6.07, 6.45) is 0. The normalized spacial score (nSPS) is 12.0. The van der Waals surface area contributed by atoms with Crippen molar-refractivity contribution < 1.29 is 0 Å². The Bertz CT molecular complexity index is 53.4. The lowest BCUT2D eigenvalue weighted by Crippen LogP contribution is -2.34. The summed E-state index contributed by atoms with van der Waals surface area (Å²) in [5.74, 6) is 0. The monoisotopic (exact) mass is 155 g/mol. The van der Waals surface area contributed by atoms with Crippen LogP contribution in [0.1, 0.15) is 0 Å². The zero-order valence-electron chi connectivity index (χ0n) is 4.79. The van der Waals surface area contributed by atoms with E-state index in [1.807, 2.05) is 0 Å². The molecule has 1 N–H and O–H groups in total. The van der Waals surface area contributed by atoms with Gasteiger partial charge in [0.05, 0.1) is 0 Å². The van der Waals surface area contributed by atoms with Gasteiger partial charge in [0.1, 0.15) is 8.24 Å². The van der Waals surface area contributed by atoms with Crippen LogP contribution < -0.4 is 4.39 Å². The lowest BCUT2D eigenvalue weighted by atomic mass is 11.8. The molecule has 0 aliphatic rings. The summed E-state index contributed by atoms with van der Waals surface area (Å²) in [7, 11) is 4.25. The van der Waals surface area contributed by atoms with Gasteiger partial charge in [0.15, 0.2) is 0 Å². The molecule has 0 saturated carbocycles. The second-order valence-corrected chi connectivity index (χ2v) is 8.36. The number of halogens is 1. The molecule has 44 valence electrons. The van der Waals surface area contributed by atoms with Gasteiger partial charge in [-0.05, 0) is 10.7 Å². The van der Waals surface area contributed by atoms with E-state index in [0.29, 0.717) is 0 Å². The highest BCUT2D eigenvalue weighted by Crippen LogP contribution is 2.05. The van der Waals surface area contributed by atoms with Gasteiger partial charge in [0.2, 0.25) is 0 Å². The molecule has 0 saturated heterocycles. The van der Waals surface area contributed by atoms with Crippen molar-refractivity contribution in [1.29, 1.82) is 0 Å². The number of hydrogen-bond donors (Lipinski definition) is 1. The maximum atomic E-state index is 5.33. The van der Waals surface area contributed by atoms with E-state index in [1.54, 1.807) is 0 Å². The van der Waals surface area contributed by atoms with E-state index in [-0.39, 0.29) is 0 Å². The third kappa shape index (κ3) is 6.82. The zero-order chi connectivity index (χ0) is 5.91. The molecule has 0 aromatic heterocycles. The Hall–Kier alpha value is 0.817. The van der Waals surface area contributed by atoms with Crippen molar-refractivity contribution in [2.75, 3.05) is 0 Å². The molecule has 0 aliphatic heterocycles. The van der Waals surface area contributed by atoms with Gasteiger partial charge in [-0.25, -0.2) is 0 Å². The minimum atomic E-state index is -1.08. The van der Waals surface area contributed by atoms with E-state index in [9.17, 15) is 0 Å². The Balaban J connectivity index is 3.15. The Labute approximate surface area is 54.5 Å². The van der Waals surface area contributed by atoms with Gasteiger partial charge in [-0.3, -0.25) is 4.39 Å². The van der Waals surface area contributed by atoms with E-state index >= 15 is 0 Å². The molecule has 1 nitrogen and oxygen atoms in total. The van der Waals surface area contributed by atoms with Crippen molar-refractivity contribution in [1.82, 2.24) is 4.39 Å². The average Bonchev–Trinajstić information content (AvgIpc) is 1.30. The summed E-state index contributed by atoms with van der Waals surface area (Å²) in [6.45, 7) is 6.59.